The van der Waals surface area contributed by atoms with Crippen LogP contribution in [0.3, 0.4) is 0 Å². The molecule has 5 heteroatoms. The molecule has 0 heterocycles. The van der Waals surface area contributed by atoms with E-state index in [1.165, 1.54) is 7.11 Å². The average molecular weight is 292 g/mol. The molecular formula is C16H24N2O3. The van der Waals surface area contributed by atoms with E-state index >= 15 is 0 Å². The third-order valence-electron chi connectivity index (χ3n) is 4.16. The summed E-state index contributed by atoms with van der Waals surface area (Å²) < 4.78 is 11.0. The maximum atomic E-state index is 12.0. The molecule has 2 unspecified atom stereocenters. The molecule has 0 spiro atoms. The third-order valence-corrected chi connectivity index (χ3v) is 4.16. The van der Waals surface area contributed by atoms with Gasteiger partial charge in [-0.2, -0.15) is 0 Å². The van der Waals surface area contributed by atoms with Gasteiger partial charge < -0.3 is 19.7 Å². The minimum absolute atomic E-state index is 0.0222. The van der Waals surface area contributed by atoms with E-state index in [0.717, 1.165) is 24.3 Å². The van der Waals surface area contributed by atoms with Gasteiger partial charge in [-0.15, -0.1) is 0 Å². The molecule has 2 rings (SSSR count). The second kappa shape index (κ2) is 6.35. The van der Waals surface area contributed by atoms with Gasteiger partial charge in [0.2, 0.25) is 0 Å². The maximum absolute atomic E-state index is 12.0. The molecule has 1 N–H and O–H groups in total. The van der Waals surface area contributed by atoms with Crippen molar-refractivity contribution >= 4 is 11.7 Å². The van der Waals surface area contributed by atoms with Gasteiger partial charge in [0.15, 0.2) is 0 Å². The maximum Gasteiger partial charge on any atom is 0.326 e. The predicted octanol–water partition coefficient (Wildman–Crippen LogP) is 1.82. The van der Waals surface area contributed by atoms with Gasteiger partial charge in [0.25, 0.3) is 0 Å². The lowest BCUT2D eigenvalue weighted by atomic mass is 9.98. The van der Waals surface area contributed by atoms with E-state index in [2.05, 4.69) is 5.32 Å². The molecule has 1 aliphatic rings. The standard InChI is InChI=1S/C16H24N2O3/c1-17-16(15(19)20-4)9-8-14(11-16)21-13-7-5-6-12(10-13)18(2)3/h5-7,10,14,17H,8-9,11H2,1-4H3. The largest absolute Gasteiger partial charge is 0.490 e. The monoisotopic (exact) mass is 292 g/mol. The number of nitrogens with zero attached hydrogens (tertiary/aromatic N) is 1. The molecule has 1 aromatic carbocycles. The average Bonchev–Trinajstić information content (AvgIpc) is 2.91. The van der Waals surface area contributed by atoms with Crippen LogP contribution in [0.4, 0.5) is 5.69 Å². The van der Waals surface area contributed by atoms with Crippen molar-refractivity contribution in [2.75, 3.05) is 33.2 Å². The summed E-state index contributed by atoms with van der Waals surface area (Å²) in [6.45, 7) is 0. The summed E-state index contributed by atoms with van der Waals surface area (Å²) in [5, 5.41) is 3.11. The number of anilines is 1. The zero-order valence-electron chi connectivity index (χ0n) is 13.2. The first kappa shape index (κ1) is 15.6. The highest BCUT2D eigenvalue weighted by Crippen LogP contribution is 2.34. The van der Waals surface area contributed by atoms with Gasteiger partial charge in [-0.05, 0) is 32.0 Å². The number of hydrogen-bond donors (Lipinski definition) is 1. The van der Waals surface area contributed by atoms with Crippen LogP contribution >= 0.6 is 0 Å². The summed E-state index contributed by atoms with van der Waals surface area (Å²) >= 11 is 0. The molecule has 0 aromatic heterocycles. The van der Waals surface area contributed by atoms with E-state index in [0.29, 0.717) is 6.42 Å². The summed E-state index contributed by atoms with van der Waals surface area (Å²) in [6, 6.07) is 7.97. The van der Waals surface area contributed by atoms with Crippen molar-refractivity contribution in [2.24, 2.45) is 0 Å². The van der Waals surface area contributed by atoms with Gasteiger partial charge in [-0.25, -0.2) is 0 Å². The van der Waals surface area contributed by atoms with Gasteiger partial charge >= 0.3 is 5.97 Å². The fraction of sp³-hybridized carbons (Fsp3) is 0.562. The zero-order chi connectivity index (χ0) is 15.5. The van der Waals surface area contributed by atoms with Crippen LogP contribution in [0.25, 0.3) is 0 Å². The number of hydrogen-bond acceptors (Lipinski definition) is 5. The summed E-state index contributed by atoms with van der Waals surface area (Å²) in [4.78, 5) is 14.0. The second-order valence-corrected chi connectivity index (χ2v) is 5.70. The van der Waals surface area contributed by atoms with Crippen molar-refractivity contribution < 1.29 is 14.3 Å². The summed E-state index contributed by atoms with van der Waals surface area (Å²) in [7, 11) is 7.22. The van der Waals surface area contributed by atoms with E-state index in [4.69, 9.17) is 9.47 Å². The fourth-order valence-electron chi connectivity index (χ4n) is 2.84. The minimum atomic E-state index is -0.613. The van der Waals surface area contributed by atoms with Crippen LogP contribution in [0.2, 0.25) is 0 Å². The normalized spacial score (nSPS) is 24.7. The Balaban J connectivity index is 2.05. The lowest BCUT2D eigenvalue weighted by Gasteiger charge is -2.25. The number of carbonyl (C=O) groups excluding carboxylic acids is 1. The Bertz CT molecular complexity index is 504. The van der Waals surface area contributed by atoms with Gasteiger partial charge in [-0.3, -0.25) is 4.79 Å². The first-order valence-corrected chi connectivity index (χ1v) is 7.22. The van der Waals surface area contributed by atoms with Gasteiger partial charge in [0, 0.05) is 32.3 Å². The highest BCUT2D eigenvalue weighted by molar-refractivity contribution is 5.81. The molecule has 1 fully saturated rings. The van der Waals surface area contributed by atoms with E-state index < -0.39 is 5.54 Å². The SMILES string of the molecule is CNC1(C(=O)OC)CCC(Oc2cccc(N(C)C)c2)C1. The van der Waals surface area contributed by atoms with Gasteiger partial charge in [0.05, 0.1) is 7.11 Å². The molecule has 2 atom stereocenters. The molecule has 0 bridgehead atoms. The second-order valence-electron chi connectivity index (χ2n) is 5.70. The van der Waals surface area contributed by atoms with Crippen molar-refractivity contribution in [1.82, 2.24) is 5.32 Å². The number of likely N-dealkylation sites (N-methyl/N-ethyl adjacent to an activating group) is 1. The van der Waals surface area contributed by atoms with E-state index in [1.54, 1.807) is 7.05 Å². The number of nitrogens with one attached hydrogen (secondary N) is 1. The lowest BCUT2D eigenvalue weighted by Crippen LogP contribution is -2.49. The van der Waals surface area contributed by atoms with Crippen LogP contribution < -0.4 is 15.0 Å². The predicted molar refractivity (Wildman–Crippen MR) is 82.8 cm³/mol. The summed E-state index contributed by atoms with van der Waals surface area (Å²) in [5.74, 6) is 0.626. The molecule has 1 saturated carbocycles. The molecule has 116 valence electrons. The first-order chi connectivity index (χ1) is 10.0. The molecular weight excluding hydrogens is 268 g/mol. The summed E-state index contributed by atoms with van der Waals surface area (Å²) in [5.41, 5.74) is 0.483. The van der Waals surface area contributed by atoms with Crippen LogP contribution in [0, 0.1) is 0 Å². The Hall–Kier alpha value is -1.75. The van der Waals surface area contributed by atoms with Crippen molar-refractivity contribution in [3.63, 3.8) is 0 Å². The Labute approximate surface area is 126 Å². The number of benzene rings is 1. The van der Waals surface area contributed by atoms with Crippen LogP contribution in [0.5, 0.6) is 5.75 Å². The molecule has 1 aliphatic carbocycles. The minimum Gasteiger partial charge on any atom is -0.490 e. The Morgan fingerprint density at radius 1 is 1.43 bits per heavy atom. The Morgan fingerprint density at radius 2 is 2.19 bits per heavy atom. The molecule has 1 aromatic rings. The number of ether oxygens (including phenoxy) is 2. The van der Waals surface area contributed by atoms with Gasteiger partial charge in [0.1, 0.15) is 17.4 Å². The highest BCUT2D eigenvalue weighted by atomic mass is 16.5. The van der Waals surface area contributed by atoms with E-state index in [1.807, 2.05) is 43.3 Å². The quantitative estimate of drug-likeness (QED) is 0.839. The zero-order valence-corrected chi connectivity index (χ0v) is 13.2. The number of esters is 1. The Kier molecular flexibility index (Phi) is 4.73. The van der Waals surface area contributed by atoms with Gasteiger partial charge in [-0.1, -0.05) is 6.07 Å². The number of rotatable bonds is 5. The van der Waals surface area contributed by atoms with Crippen LogP contribution in [-0.2, 0) is 9.53 Å². The van der Waals surface area contributed by atoms with Crippen molar-refractivity contribution in [1.29, 1.82) is 0 Å². The highest BCUT2D eigenvalue weighted by Gasteiger charge is 2.46. The smallest absolute Gasteiger partial charge is 0.326 e. The van der Waals surface area contributed by atoms with Crippen LogP contribution in [0.15, 0.2) is 24.3 Å². The topological polar surface area (TPSA) is 50.8 Å². The molecule has 0 saturated heterocycles. The van der Waals surface area contributed by atoms with E-state index in [9.17, 15) is 4.79 Å². The van der Waals surface area contributed by atoms with Crippen molar-refractivity contribution in [3.8, 4) is 5.75 Å². The molecule has 21 heavy (non-hydrogen) atoms. The first-order valence-electron chi connectivity index (χ1n) is 7.22. The number of carbonyl (C=O) groups is 1. The lowest BCUT2D eigenvalue weighted by molar-refractivity contribution is -0.148. The van der Waals surface area contributed by atoms with Crippen molar-refractivity contribution in [3.05, 3.63) is 24.3 Å². The molecule has 0 amide bonds. The number of methoxy groups -OCH3 is 1. The molecule has 5 nitrogen and oxygen atoms in total. The van der Waals surface area contributed by atoms with E-state index in [-0.39, 0.29) is 12.1 Å². The van der Waals surface area contributed by atoms with Crippen LogP contribution in [-0.4, -0.2) is 45.9 Å². The Morgan fingerprint density at radius 3 is 2.81 bits per heavy atom. The third kappa shape index (κ3) is 3.29. The van der Waals surface area contributed by atoms with Crippen LogP contribution in [0.1, 0.15) is 19.3 Å². The molecule has 0 radical (unpaired) electrons. The summed E-state index contributed by atoms with van der Waals surface area (Å²) in [6.07, 6.45) is 2.22. The molecule has 0 aliphatic heterocycles. The fourth-order valence-corrected chi connectivity index (χ4v) is 2.84. The van der Waals surface area contributed by atoms with Crippen molar-refractivity contribution in [2.45, 2.75) is 30.9 Å².